The predicted molar refractivity (Wildman–Crippen MR) is 70.1 cm³/mol. The summed E-state index contributed by atoms with van der Waals surface area (Å²) in [6.45, 7) is 3.39. The van der Waals surface area contributed by atoms with Gasteiger partial charge in [-0.3, -0.25) is 0 Å². The standard InChI is InChI=1S/C13H23N3O/c1-2-7-12-10-13(16-11-15-12)14-8-5-3-4-6-9-17/h10-11,17H,2-9H2,1H3,(H,14,15,16). The van der Waals surface area contributed by atoms with Crippen molar-refractivity contribution in [2.45, 2.75) is 45.4 Å². The van der Waals surface area contributed by atoms with Gasteiger partial charge in [0.15, 0.2) is 0 Å². The molecule has 0 aliphatic heterocycles. The molecule has 0 saturated heterocycles. The average Bonchev–Trinajstić information content (AvgIpc) is 2.35. The van der Waals surface area contributed by atoms with Crippen LogP contribution in [0.5, 0.6) is 0 Å². The lowest BCUT2D eigenvalue weighted by molar-refractivity contribution is 0.283. The van der Waals surface area contributed by atoms with Gasteiger partial charge >= 0.3 is 0 Å². The Labute approximate surface area is 103 Å². The van der Waals surface area contributed by atoms with E-state index in [1.165, 1.54) is 0 Å². The second kappa shape index (κ2) is 8.93. The van der Waals surface area contributed by atoms with Gasteiger partial charge in [0.05, 0.1) is 0 Å². The summed E-state index contributed by atoms with van der Waals surface area (Å²) in [6.07, 6.45) is 8.02. The molecule has 0 fully saturated rings. The highest BCUT2D eigenvalue weighted by Gasteiger charge is 1.97. The third-order valence-electron chi connectivity index (χ3n) is 2.62. The van der Waals surface area contributed by atoms with Crippen molar-refractivity contribution in [3.8, 4) is 0 Å². The van der Waals surface area contributed by atoms with E-state index in [2.05, 4.69) is 22.2 Å². The topological polar surface area (TPSA) is 58.0 Å². The zero-order valence-corrected chi connectivity index (χ0v) is 10.7. The Morgan fingerprint density at radius 2 is 2.00 bits per heavy atom. The molecule has 1 rings (SSSR count). The van der Waals surface area contributed by atoms with Crippen LogP contribution in [0, 0.1) is 0 Å². The van der Waals surface area contributed by atoms with Crippen molar-refractivity contribution < 1.29 is 5.11 Å². The second-order valence-corrected chi connectivity index (χ2v) is 4.21. The van der Waals surface area contributed by atoms with Crippen LogP contribution in [0.25, 0.3) is 0 Å². The van der Waals surface area contributed by atoms with Crippen LogP contribution in [-0.4, -0.2) is 28.2 Å². The maximum Gasteiger partial charge on any atom is 0.129 e. The lowest BCUT2D eigenvalue weighted by atomic mass is 10.2. The van der Waals surface area contributed by atoms with Gasteiger partial charge < -0.3 is 10.4 Å². The van der Waals surface area contributed by atoms with E-state index in [0.717, 1.165) is 56.6 Å². The fraction of sp³-hybridized carbons (Fsp3) is 0.692. The molecule has 4 heteroatoms. The first-order chi connectivity index (χ1) is 8.36. The van der Waals surface area contributed by atoms with Gasteiger partial charge in [-0.15, -0.1) is 0 Å². The normalized spacial score (nSPS) is 10.5. The minimum Gasteiger partial charge on any atom is -0.396 e. The van der Waals surface area contributed by atoms with E-state index in [1.807, 2.05) is 6.07 Å². The molecular weight excluding hydrogens is 214 g/mol. The van der Waals surface area contributed by atoms with Gasteiger partial charge in [0.2, 0.25) is 0 Å². The molecule has 0 saturated carbocycles. The third kappa shape index (κ3) is 6.22. The zero-order valence-electron chi connectivity index (χ0n) is 10.7. The maximum absolute atomic E-state index is 8.65. The molecule has 0 spiro atoms. The van der Waals surface area contributed by atoms with Gasteiger partial charge in [-0.2, -0.15) is 0 Å². The SMILES string of the molecule is CCCc1cc(NCCCCCCO)ncn1. The predicted octanol–water partition coefficient (Wildman–Crippen LogP) is 2.39. The zero-order chi connectivity index (χ0) is 12.3. The Kier molecular flexibility index (Phi) is 7.30. The molecule has 0 aliphatic carbocycles. The van der Waals surface area contributed by atoms with Gasteiger partial charge in [0, 0.05) is 24.9 Å². The van der Waals surface area contributed by atoms with Crippen LogP contribution in [0.4, 0.5) is 5.82 Å². The largest absolute Gasteiger partial charge is 0.396 e. The molecule has 2 N–H and O–H groups in total. The van der Waals surface area contributed by atoms with Crippen molar-refractivity contribution in [1.82, 2.24) is 9.97 Å². The van der Waals surface area contributed by atoms with Crippen LogP contribution < -0.4 is 5.32 Å². The van der Waals surface area contributed by atoms with Crippen LogP contribution in [0.1, 0.15) is 44.7 Å². The number of anilines is 1. The molecule has 0 bridgehead atoms. The van der Waals surface area contributed by atoms with Crippen LogP contribution in [0.15, 0.2) is 12.4 Å². The maximum atomic E-state index is 8.65. The van der Waals surface area contributed by atoms with E-state index in [-0.39, 0.29) is 0 Å². The molecule has 96 valence electrons. The van der Waals surface area contributed by atoms with E-state index in [0.29, 0.717) is 6.61 Å². The van der Waals surface area contributed by atoms with Crippen LogP contribution in [0.3, 0.4) is 0 Å². The first-order valence-corrected chi connectivity index (χ1v) is 6.52. The highest BCUT2D eigenvalue weighted by Crippen LogP contribution is 2.07. The van der Waals surface area contributed by atoms with E-state index >= 15 is 0 Å². The Morgan fingerprint density at radius 1 is 1.18 bits per heavy atom. The van der Waals surface area contributed by atoms with E-state index in [9.17, 15) is 0 Å². The Balaban J connectivity index is 2.19. The highest BCUT2D eigenvalue weighted by molar-refractivity contribution is 5.34. The van der Waals surface area contributed by atoms with Crippen molar-refractivity contribution in [2.24, 2.45) is 0 Å². The summed E-state index contributed by atoms with van der Waals surface area (Å²) < 4.78 is 0. The van der Waals surface area contributed by atoms with Crippen LogP contribution in [-0.2, 0) is 6.42 Å². The van der Waals surface area contributed by atoms with Crippen molar-refractivity contribution in [2.75, 3.05) is 18.5 Å². The number of hydrogen-bond donors (Lipinski definition) is 2. The molecule has 0 radical (unpaired) electrons. The summed E-state index contributed by atoms with van der Waals surface area (Å²) in [7, 11) is 0. The van der Waals surface area contributed by atoms with Crippen molar-refractivity contribution in [3.05, 3.63) is 18.1 Å². The molecule has 0 aromatic carbocycles. The lowest BCUT2D eigenvalue weighted by Gasteiger charge is -2.06. The number of aromatic nitrogens is 2. The van der Waals surface area contributed by atoms with E-state index in [1.54, 1.807) is 6.33 Å². The molecule has 1 aromatic rings. The summed E-state index contributed by atoms with van der Waals surface area (Å²) >= 11 is 0. The molecule has 0 amide bonds. The van der Waals surface area contributed by atoms with Gasteiger partial charge in [0.1, 0.15) is 12.1 Å². The highest BCUT2D eigenvalue weighted by atomic mass is 16.2. The average molecular weight is 237 g/mol. The summed E-state index contributed by atoms with van der Waals surface area (Å²) in [5, 5.41) is 12.0. The number of rotatable bonds is 9. The Hall–Kier alpha value is -1.16. The fourth-order valence-electron chi connectivity index (χ4n) is 1.69. The molecule has 17 heavy (non-hydrogen) atoms. The van der Waals surface area contributed by atoms with Gasteiger partial charge in [-0.1, -0.05) is 26.2 Å². The lowest BCUT2D eigenvalue weighted by Crippen LogP contribution is -2.04. The summed E-state index contributed by atoms with van der Waals surface area (Å²) in [5.41, 5.74) is 1.10. The number of nitrogens with zero attached hydrogens (tertiary/aromatic N) is 2. The number of unbranched alkanes of at least 4 members (excludes halogenated alkanes) is 3. The number of aliphatic hydroxyl groups is 1. The van der Waals surface area contributed by atoms with Crippen molar-refractivity contribution >= 4 is 5.82 Å². The fourth-order valence-corrected chi connectivity index (χ4v) is 1.69. The van der Waals surface area contributed by atoms with Gasteiger partial charge in [0.25, 0.3) is 0 Å². The Bertz CT molecular complexity index is 304. The van der Waals surface area contributed by atoms with Gasteiger partial charge in [-0.25, -0.2) is 9.97 Å². The van der Waals surface area contributed by atoms with Crippen LogP contribution >= 0.6 is 0 Å². The third-order valence-corrected chi connectivity index (χ3v) is 2.62. The second-order valence-electron chi connectivity index (χ2n) is 4.21. The number of nitrogens with one attached hydrogen (secondary N) is 1. The number of aryl methyl sites for hydroxylation is 1. The molecule has 1 heterocycles. The van der Waals surface area contributed by atoms with Crippen molar-refractivity contribution in [1.29, 1.82) is 0 Å². The molecule has 0 atom stereocenters. The quantitative estimate of drug-likeness (QED) is 0.647. The number of hydrogen-bond acceptors (Lipinski definition) is 4. The van der Waals surface area contributed by atoms with Crippen LogP contribution in [0.2, 0.25) is 0 Å². The molecule has 4 nitrogen and oxygen atoms in total. The summed E-state index contributed by atoms with van der Waals surface area (Å²) in [5.74, 6) is 0.922. The summed E-state index contributed by atoms with van der Waals surface area (Å²) in [4.78, 5) is 8.41. The number of aliphatic hydroxyl groups excluding tert-OH is 1. The van der Waals surface area contributed by atoms with Crippen molar-refractivity contribution in [3.63, 3.8) is 0 Å². The summed E-state index contributed by atoms with van der Waals surface area (Å²) in [6, 6.07) is 2.03. The smallest absolute Gasteiger partial charge is 0.129 e. The minimum atomic E-state index is 0.305. The minimum absolute atomic E-state index is 0.305. The first kappa shape index (κ1) is 13.9. The molecule has 0 aliphatic rings. The monoisotopic (exact) mass is 237 g/mol. The Morgan fingerprint density at radius 3 is 2.76 bits per heavy atom. The first-order valence-electron chi connectivity index (χ1n) is 6.52. The molecule has 1 aromatic heterocycles. The van der Waals surface area contributed by atoms with Gasteiger partial charge in [-0.05, 0) is 19.3 Å². The molecular formula is C13H23N3O. The molecule has 0 unspecified atom stereocenters. The van der Waals surface area contributed by atoms with E-state index < -0.39 is 0 Å². The van der Waals surface area contributed by atoms with E-state index in [4.69, 9.17) is 5.11 Å².